The molecule has 1 amide bonds. The fourth-order valence-corrected chi connectivity index (χ4v) is 3.57. The fraction of sp³-hybridized carbons (Fsp3) is 0.312. The number of terminal acetylenes is 1. The zero-order valence-corrected chi connectivity index (χ0v) is 13.7. The summed E-state index contributed by atoms with van der Waals surface area (Å²) in [5, 5.41) is 0. The van der Waals surface area contributed by atoms with Gasteiger partial charge in [-0.3, -0.25) is 0 Å². The Balaban J connectivity index is 2.44. The zero-order valence-electron chi connectivity index (χ0n) is 12.9. The molecule has 0 aliphatic carbocycles. The summed E-state index contributed by atoms with van der Waals surface area (Å²) in [6.07, 6.45) is 4.51. The molecule has 1 aromatic carbocycles. The molecular weight excluding hydrogens is 318 g/mol. The first-order valence-corrected chi connectivity index (χ1v) is 8.23. The number of cyclic esters (lactones) is 1. The van der Waals surface area contributed by atoms with Gasteiger partial charge in [0.15, 0.2) is 0 Å². The van der Waals surface area contributed by atoms with E-state index >= 15 is 0 Å². The number of rotatable bonds is 5. The third-order valence-electron chi connectivity index (χ3n) is 3.59. The molecule has 1 atom stereocenters. The summed E-state index contributed by atoms with van der Waals surface area (Å²) in [6.45, 7) is 5.69. The lowest BCUT2D eigenvalue weighted by molar-refractivity contribution is 0.0771. The summed E-state index contributed by atoms with van der Waals surface area (Å²) < 4.78 is 36.0. The average Bonchev–Trinajstić information content (AvgIpc) is 2.77. The lowest BCUT2D eigenvalue weighted by Crippen LogP contribution is -2.34. The number of ether oxygens (including phenoxy) is 2. The van der Waals surface area contributed by atoms with Gasteiger partial charge in [-0.15, -0.1) is 6.42 Å². The first kappa shape index (κ1) is 17.1. The van der Waals surface area contributed by atoms with E-state index in [9.17, 15) is 13.2 Å². The molecule has 0 N–H and O–H groups in total. The van der Waals surface area contributed by atoms with E-state index in [4.69, 9.17) is 15.9 Å². The van der Waals surface area contributed by atoms with Crippen LogP contribution in [0.2, 0.25) is 0 Å². The van der Waals surface area contributed by atoms with Gasteiger partial charge >= 0.3 is 6.09 Å². The summed E-state index contributed by atoms with van der Waals surface area (Å²) in [6, 6.07) is 6.10. The molecule has 2 rings (SSSR count). The lowest BCUT2D eigenvalue weighted by atomic mass is 9.98. The molecular formula is C16H17NO5S. The molecule has 0 spiro atoms. The Bertz CT molecular complexity index is 776. The van der Waals surface area contributed by atoms with Gasteiger partial charge in [0.2, 0.25) is 5.60 Å². The molecule has 1 heterocycles. The number of hydrogen-bond donors (Lipinski definition) is 0. The summed E-state index contributed by atoms with van der Waals surface area (Å²) in [5.41, 5.74) is -0.738. The van der Waals surface area contributed by atoms with Gasteiger partial charge in [0.05, 0.1) is 17.2 Å². The van der Waals surface area contributed by atoms with Crippen LogP contribution in [0, 0.1) is 19.3 Å². The minimum atomic E-state index is -4.14. The van der Waals surface area contributed by atoms with Crippen LogP contribution in [-0.4, -0.2) is 38.1 Å². The number of methoxy groups -OCH3 is 1. The van der Waals surface area contributed by atoms with Crippen molar-refractivity contribution in [3.05, 3.63) is 42.1 Å². The molecule has 1 aromatic rings. The molecule has 1 unspecified atom stereocenters. The van der Waals surface area contributed by atoms with Crippen LogP contribution in [0.5, 0.6) is 0 Å². The van der Waals surface area contributed by atoms with Crippen LogP contribution in [0.25, 0.3) is 0 Å². The van der Waals surface area contributed by atoms with Crippen molar-refractivity contribution in [3.63, 3.8) is 0 Å². The number of aryl methyl sites for hydroxylation is 1. The quantitative estimate of drug-likeness (QED) is 0.770. The minimum absolute atomic E-state index is 0.0410. The van der Waals surface area contributed by atoms with E-state index in [2.05, 4.69) is 12.5 Å². The van der Waals surface area contributed by atoms with Gasteiger partial charge in [0, 0.05) is 13.5 Å². The van der Waals surface area contributed by atoms with Crippen LogP contribution >= 0.6 is 0 Å². The van der Waals surface area contributed by atoms with Crippen LogP contribution in [0.1, 0.15) is 12.0 Å². The number of nitrogens with zero attached hydrogens (tertiary/aromatic N) is 1. The number of hydrogen-bond acceptors (Lipinski definition) is 5. The third kappa shape index (κ3) is 2.83. The van der Waals surface area contributed by atoms with Crippen LogP contribution in [-0.2, 0) is 19.5 Å². The van der Waals surface area contributed by atoms with Gasteiger partial charge in [-0.25, -0.2) is 13.2 Å². The molecule has 0 saturated carbocycles. The Morgan fingerprint density at radius 1 is 1.39 bits per heavy atom. The van der Waals surface area contributed by atoms with E-state index in [0.29, 0.717) is 4.31 Å². The van der Waals surface area contributed by atoms with Crippen molar-refractivity contribution in [2.24, 2.45) is 0 Å². The van der Waals surface area contributed by atoms with Crippen LogP contribution < -0.4 is 0 Å². The average molecular weight is 335 g/mol. The van der Waals surface area contributed by atoms with E-state index < -0.39 is 21.7 Å². The monoisotopic (exact) mass is 335 g/mol. The number of sulfonamides is 1. The van der Waals surface area contributed by atoms with Crippen molar-refractivity contribution >= 4 is 16.1 Å². The standard InChI is InChI=1S/C16H17NO5S/c1-5-16(10-11-21-4)13(3)17(15(18)22-16)23(19,20)14-8-6-12(2)7-9-14/h1,6-9H,3,10-11H2,2,4H3. The molecule has 1 saturated heterocycles. The molecule has 23 heavy (non-hydrogen) atoms. The van der Waals surface area contributed by atoms with Gasteiger partial charge in [0.25, 0.3) is 10.0 Å². The van der Waals surface area contributed by atoms with Crippen LogP contribution in [0.3, 0.4) is 0 Å². The Labute approximate surface area is 135 Å². The Morgan fingerprint density at radius 2 is 2.00 bits per heavy atom. The number of amides is 1. The molecule has 7 heteroatoms. The molecule has 1 fully saturated rings. The molecule has 122 valence electrons. The Kier molecular flexibility index (Phi) is 4.50. The minimum Gasteiger partial charge on any atom is -0.422 e. The van der Waals surface area contributed by atoms with Crippen molar-refractivity contribution in [1.29, 1.82) is 0 Å². The molecule has 0 aromatic heterocycles. The smallest absolute Gasteiger partial charge is 0.422 e. The molecule has 1 aliphatic heterocycles. The van der Waals surface area contributed by atoms with Crippen molar-refractivity contribution < 1.29 is 22.7 Å². The van der Waals surface area contributed by atoms with Gasteiger partial charge in [0.1, 0.15) is 0 Å². The summed E-state index contributed by atoms with van der Waals surface area (Å²) in [5.74, 6) is 2.33. The normalized spacial score (nSPS) is 21.2. The Morgan fingerprint density at radius 3 is 2.52 bits per heavy atom. The summed E-state index contributed by atoms with van der Waals surface area (Å²) in [4.78, 5) is 12.1. The second-order valence-corrected chi connectivity index (χ2v) is 6.90. The fourth-order valence-electron chi connectivity index (χ4n) is 2.21. The highest BCUT2D eigenvalue weighted by molar-refractivity contribution is 7.89. The van der Waals surface area contributed by atoms with Gasteiger partial charge < -0.3 is 9.47 Å². The topological polar surface area (TPSA) is 72.9 Å². The first-order valence-electron chi connectivity index (χ1n) is 6.79. The van der Waals surface area contributed by atoms with Crippen molar-refractivity contribution in [2.45, 2.75) is 23.8 Å². The first-order chi connectivity index (χ1) is 10.8. The van der Waals surface area contributed by atoms with E-state index in [0.717, 1.165) is 5.56 Å². The molecule has 6 nitrogen and oxygen atoms in total. The van der Waals surface area contributed by atoms with Gasteiger partial charge in [-0.2, -0.15) is 4.31 Å². The number of benzene rings is 1. The highest BCUT2D eigenvalue weighted by Gasteiger charge is 2.52. The molecule has 0 bridgehead atoms. The maximum Gasteiger partial charge on any atom is 0.430 e. The highest BCUT2D eigenvalue weighted by Crippen LogP contribution is 2.38. The van der Waals surface area contributed by atoms with Gasteiger partial charge in [-0.05, 0) is 19.1 Å². The highest BCUT2D eigenvalue weighted by atomic mass is 32.2. The SMILES string of the molecule is C#CC1(CCOC)OC(=O)N(S(=O)(=O)c2ccc(C)cc2)C1=C. The predicted octanol–water partition coefficient (Wildman–Crippen LogP) is 2.06. The van der Waals surface area contributed by atoms with Crippen LogP contribution in [0.15, 0.2) is 41.4 Å². The van der Waals surface area contributed by atoms with E-state index in [-0.39, 0.29) is 23.6 Å². The van der Waals surface area contributed by atoms with Crippen molar-refractivity contribution in [1.82, 2.24) is 4.31 Å². The summed E-state index contributed by atoms with van der Waals surface area (Å²) in [7, 11) is -2.67. The molecule has 1 aliphatic rings. The predicted molar refractivity (Wildman–Crippen MR) is 83.9 cm³/mol. The second kappa shape index (κ2) is 6.07. The van der Waals surface area contributed by atoms with Crippen LogP contribution in [0.4, 0.5) is 4.79 Å². The second-order valence-electron chi connectivity index (χ2n) is 5.11. The third-order valence-corrected chi connectivity index (χ3v) is 5.31. The maximum atomic E-state index is 12.7. The lowest BCUT2D eigenvalue weighted by Gasteiger charge is -2.22. The van der Waals surface area contributed by atoms with E-state index in [1.165, 1.54) is 19.2 Å². The largest absolute Gasteiger partial charge is 0.430 e. The number of carbonyl (C=O) groups excluding carboxylic acids is 1. The van der Waals surface area contributed by atoms with Crippen molar-refractivity contribution in [2.75, 3.05) is 13.7 Å². The molecule has 0 radical (unpaired) electrons. The number of carbonyl (C=O) groups is 1. The van der Waals surface area contributed by atoms with E-state index in [1.54, 1.807) is 12.1 Å². The Hall–Kier alpha value is -2.30. The van der Waals surface area contributed by atoms with Crippen molar-refractivity contribution in [3.8, 4) is 12.3 Å². The maximum absolute atomic E-state index is 12.7. The van der Waals surface area contributed by atoms with E-state index in [1.807, 2.05) is 6.92 Å². The summed E-state index contributed by atoms with van der Waals surface area (Å²) >= 11 is 0. The van der Waals surface area contributed by atoms with Gasteiger partial charge in [-0.1, -0.05) is 30.2 Å². The zero-order chi connectivity index (χ0) is 17.3.